The smallest absolute Gasteiger partial charge is 0.365 e. The topological polar surface area (TPSA) is 45.7 Å². The zero-order valence-corrected chi connectivity index (χ0v) is 18.4. The zero-order valence-electron chi connectivity index (χ0n) is 18.4. The second-order valence-corrected chi connectivity index (χ2v) is 9.80. The molecule has 2 saturated heterocycles. The van der Waals surface area contributed by atoms with Crippen LogP contribution >= 0.6 is 0 Å². The molecule has 172 valence electrons. The van der Waals surface area contributed by atoms with Crippen molar-refractivity contribution in [1.82, 2.24) is 9.88 Å². The standard InChI is InChI=1S/C24H28F3N3O2/c1-15-11-30(19-6-5-18(24(25,26)27)22-17(19)4-3-9-28-22)13-21(32-15)20(31)10-16-12-29(2)14-23(16)7-8-23/h3-6,9,15-16,21H,7-8,10-14H2,1-2H3/t15-,16?,21-/m1/s1. The van der Waals surface area contributed by atoms with E-state index >= 15 is 0 Å². The van der Waals surface area contributed by atoms with Crippen LogP contribution in [0, 0.1) is 11.3 Å². The molecule has 3 fully saturated rings. The van der Waals surface area contributed by atoms with Crippen molar-refractivity contribution in [3.63, 3.8) is 0 Å². The second kappa shape index (κ2) is 7.70. The minimum Gasteiger partial charge on any atom is -0.365 e. The first-order valence-electron chi connectivity index (χ1n) is 11.2. The van der Waals surface area contributed by atoms with Gasteiger partial charge in [-0.15, -0.1) is 0 Å². The number of benzene rings is 1. The summed E-state index contributed by atoms with van der Waals surface area (Å²) in [6.45, 7) is 4.75. The highest BCUT2D eigenvalue weighted by atomic mass is 19.4. The van der Waals surface area contributed by atoms with Gasteiger partial charge in [0.2, 0.25) is 0 Å². The lowest BCUT2D eigenvalue weighted by Crippen LogP contribution is -2.50. The summed E-state index contributed by atoms with van der Waals surface area (Å²) in [7, 11) is 2.11. The number of nitrogens with zero attached hydrogens (tertiary/aromatic N) is 3. The van der Waals surface area contributed by atoms with Gasteiger partial charge in [-0.2, -0.15) is 13.2 Å². The van der Waals surface area contributed by atoms with E-state index < -0.39 is 17.8 Å². The Bertz CT molecular complexity index is 1040. The van der Waals surface area contributed by atoms with Crippen LogP contribution in [0.2, 0.25) is 0 Å². The second-order valence-electron chi connectivity index (χ2n) is 9.80. The fourth-order valence-electron chi connectivity index (χ4n) is 5.67. The molecule has 2 aliphatic heterocycles. The molecule has 32 heavy (non-hydrogen) atoms. The maximum Gasteiger partial charge on any atom is 0.418 e. The van der Waals surface area contributed by atoms with Crippen LogP contribution in [0.3, 0.4) is 0 Å². The zero-order chi connectivity index (χ0) is 22.7. The van der Waals surface area contributed by atoms with Crippen LogP contribution in [0.4, 0.5) is 18.9 Å². The van der Waals surface area contributed by atoms with Gasteiger partial charge in [0.25, 0.3) is 0 Å². The van der Waals surface area contributed by atoms with Gasteiger partial charge in [-0.05, 0) is 62.4 Å². The van der Waals surface area contributed by atoms with E-state index in [2.05, 4.69) is 16.9 Å². The Labute approximate surface area is 185 Å². The van der Waals surface area contributed by atoms with E-state index in [1.165, 1.54) is 25.1 Å². The summed E-state index contributed by atoms with van der Waals surface area (Å²) >= 11 is 0. The molecule has 1 aromatic carbocycles. The Morgan fingerprint density at radius 2 is 2.00 bits per heavy atom. The third kappa shape index (κ3) is 3.88. The van der Waals surface area contributed by atoms with Crippen molar-refractivity contribution in [1.29, 1.82) is 0 Å². The van der Waals surface area contributed by atoms with E-state index in [0.717, 1.165) is 19.2 Å². The molecule has 3 atom stereocenters. The number of ether oxygens (including phenoxy) is 1. The van der Waals surface area contributed by atoms with Crippen LogP contribution in [0.1, 0.15) is 31.7 Å². The molecule has 0 radical (unpaired) electrons. The normalized spacial score (nSPS) is 27.9. The van der Waals surface area contributed by atoms with Crippen LogP contribution < -0.4 is 4.90 Å². The van der Waals surface area contributed by atoms with Crippen LogP contribution in [-0.4, -0.2) is 61.1 Å². The number of alkyl halides is 3. The van der Waals surface area contributed by atoms with Gasteiger partial charge >= 0.3 is 6.18 Å². The summed E-state index contributed by atoms with van der Waals surface area (Å²) < 4.78 is 46.5. The fraction of sp³-hybridized carbons (Fsp3) is 0.583. The molecule has 3 heterocycles. The maximum atomic E-state index is 13.5. The predicted molar refractivity (Wildman–Crippen MR) is 116 cm³/mol. The number of likely N-dealkylation sites (tertiary alicyclic amines) is 1. The molecule has 1 spiro atoms. The van der Waals surface area contributed by atoms with Gasteiger partial charge in [0, 0.05) is 43.3 Å². The van der Waals surface area contributed by atoms with Gasteiger partial charge in [-0.1, -0.05) is 0 Å². The van der Waals surface area contributed by atoms with Crippen LogP contribution in [0.15, 0.2) is 30.5 Å². The first kappa shape index (κ1) is 21.6. The van der Waals surface area contributed by atoms with E-state index in [4.69, 9.17) is 4.74 Å². The van der Waals surface area contributed by atoms with E-state index in [-0.39, 0.29) is 17.4 Å². The summed E-state index contributed by atoms with van der Waals surface area (Å²) in [5, 5.41) is 0.442. The SMILES string of the molecule is C[C@@H]1CN(c2ccc(C(F)(F)F)c3ncccc23)C[C@H](C(=O)CC2CN(C)CC23CC3)O1. The summed E-state index contributed by atoms with van der Waals surface area (Å²) in [6.07, 6.45) is -0.994. The molecule has 0 bridgehead atoms. The number of carbonyl (C=O) groups excluding carboxylic acids is 1. The molecule has 1 saturated carbocycles. The number of rotatable bonds is 4. The van der Waals surface area contributed by atoms with Gasteiger partial charge in [0.15, 0.2) is 5.78 Å². The Morgan fingerprint density at radius 1 is 1.22 bits per heavy atom. The molecule has 2 aromatic rings. The van der Waals surface area contributed by atoms with E-state index in [1.54, 1.807) is 12.1 Å². The molecule has 1 aromatic heterocycles. The monoisotopic (exact) mass is 447 g/mol. The summed E-state index contributed by atoms with van der Waals surface area (Å²) in [5.41, 5.74) is 0.156. The highest BCUT2D eigenvalue weighted by molar-refractivity contribution is 5.94. The Kier molecular flexibility index (Phi) is 5.21. The third-order valence-corrected chi connectivity index (χ3v) is 7.33. The first-order chi connectivity index (χ1) is 15.2. The number of Topliss-reactive ketones (excluding diaryl/α,β-unsaturated/α-hetero) is 1. The quantitative estimate of drug-likeness (QED) is 0.705. The van der Waals surface area contributed by atoms with Gasteiger partial charge < -0.3 is 14.5 Å². The maximum absolute atomic E-state index is 13.5. The van der Waals surface area contributed by atoms with Crippen molar-refractivity contribution in [2.45, 2.75) is 44.6 Å². The average Bonchev–Trinajstić information content (AvgIpc) is 3.44. The van der Waals surface area contributed by atoms with Crippen LogP contribution in [-0.2, 0) is 15.7 Å². The highest BCUT2D eigenvalue weighted by Gasteiger charge is 2.54. The average molecular weight is 448 g/mol. The minimum absolute atomic E-state index is 0.0656. The van der Waals surface area contributed by atoms with Gasteiger partial charge in [0.05, 0.1) is 23.7 Å². The fourth-order valence-corrected chi connectivity index (χ4v) is 5.67. The summed E-state index contributed by atoms with van der Waals surface area (Å²) in [5.74, 6) is 0.466. The lowest BCUT2D eigenvalue weighted by molar-refractivity contribution is -0.136. The van der Waals surface area contributed by atoms with Gasteiger partial charge in [0.1, 0.15) is 6.10 Å². The van der Waals surface area contributed by atoms with Crippen LogP contribution in [0.25, 0.3) is 10.9 Å². The predicted octanol–water partition coefficient (Wildman–Crippen LogP) is 4.15. The van der Waals surface area contributed by atoms with Gasteiger partial charge in [-0.3, -0.25) is 9.78 Å². The number of fused-ring (bicyclic) bond motifs is 1. The van der Waals surface area contributed by atoms with Crippen molar-refractivity contribution < 1.29 is 22.7 Å². The molecule has 1 unspecified atom stereocenters. The van der Waals surface area contributed by atoms with Crippen molar-refractivity contribution >= 4 is 22.4 Å². The molecular weight excluding hydrogens is 419 g/mol. The number of pyridine rings is 1. The summed E-state index contributed by atoms with van der Waals surface area (Å²) in [4.78, 5) is 21.5. The summed E-state index contributed by atoms with van der Waals surface area (Å²) in [6, 6.07) is 5.89. The molecule has 8 heteroatoms. The van der Waals surface area contributed by atoms with E-state index in [0.29, 0.717) is 41.9 Å². The largest absolute Gasteiger partial charge is 0.418 e. The number of morpholine rings is 1. The van der Waals surface area contributed by atoms with Crippen LogP contribution in [0.5, 0.6) is 0 Å². The number of ketones is 1. The number of aromatic nitrogens is 1. The molecule has 1 aliphatic carbocycles. The van der Waals surface area contributed by atoms with Crippen molar-refractivity contribution in [3.8, 4) is 0 Å². The van der Waals surface area contributed by atoms with E-state index in [9.17, 15) is 18.0 Å². The minimum atomic E-state index is -4.48. The number of carbonyl (C=O) groups is 1. The van der Waals surface area contributed by atoms with Crippen molar-refractivity contribution in [3.05, 3.63) is 36.0 Å². The van der Waals surface area contributed by atoms with Gasteiger partial charge in [-0.25, -0.2) is 0 Å². The van der Waals surface area contributed by atoms with E-state index in [1.807, 2.05) is 11.8 Å². The molecular formula is C24H28F3N3O2. The molecule has 5 rings (SSSR count). The number of halogens is 3. The molecule has 5 nitrogen and oxygen atoms in total. The Morgan fingerprint density at radius 3 is 2.72 bits per heavy atom. The molecule has 0 N–H and O–H groups in total. The Balaban J connectivity index is 1.39. The number of hydrogen-bond donors (Lipinski definition) is 0. The Hall–Kier alpha value is -2.19. The number of hydrogen-bond acceptors (Lipinski definition) is 5. The third-order valence-electron chi connectivity index (χ3n) is 7.33. The highest BCUT2D eigenvalue weighted by Crippen LogP contribution is 2.57. The van der Waals surface area contributed by atoms with Crippen molar-refractivity contribution in [2.75, 3.05) is 38.1 Å². The molecule has 0 amide bonds. The lowest BCUT2D eigenvalue weighted by atomic mass is 9.87. The van der Waals surface area contributed by atoms with Crippen molar-refractivity contribution in [2.24, 2.45) is 11.3 Å². The lowest BCUT2D eigenvalue weighted by Gasteiger charge is -2.38. The molecule has 3 aliphatic rings. The first-order valence-corrected chi connectivity index (χ1v) is 11.2. The number of anilines is 1.